The van der Waals surface area contributed by atoms with Crippen molar-refractivity contribution in [2.45, 2.75) is 24.4 Å². The first-order valence-corrected chi connectivity index (χ1v) is 11.2. The molecule has 1 N–H and O–H groups in total. The number of carbonyl (C=O) groups is 1. The molecule has 0 saturated carbocycles. The fourth-order valence-corrected chi connectivity index (χ4v) is 4.87. The van der Waals surface area contributed by atoms with E-state index < -0.39 is 22.0 Å². The first-order chi connectivity index (χ1) is 14.2. The molecular weight excluding hydrogens is 445 g/mol. The molecule has 0 radical (unpaired) electrons. The van der Waals surface area contributed by atoms with Crippen LogP contribution in [0.15, 0.2) is 77.7 Å². The molecule has 0 fully saturated rings. The summed E-state index contributed by atoms with van der Waals surface area (Å²) in [6.45, 7) is 1.86. The highest BCUT2D eigenvalue weighted by Crippen LogP contribution is 2.30. The van der Waals surface area contributed by atoms with Gasteiger partial charge in [0, 0.05) is 22.6 Å². The molecule has 0 amide bonds. The van der Waals surface area contributed by atoms with E-state index in [0.29, 0.717) is 15.6 Å². The van der Waals surface area contributed by atoms with Gasteiger partial charge in [-0.2, -0.15) is 4.31 Å². The molecule has 0 aliphatic rings. The zero-order valence-corrected chi connectivity index (χ0v) is 18.3. The van der Waals surface area contributed by atoms with Gasteiger partial charge >= 0.3 is 5.97 Å². The molecule has 3 aromatic carbocycles. The van der Waals surface area contributed by atoms with Crippen molar-refractivity contribution in [2.75, 3.05) is 0 Å². The van der Waals surface area contributed by atoms with Crippen LogP contribution in [0.2, 0.25) is 10.0 Å². The predicted octanol–water partition coefficient (Wildman–Crippen LogP) is 5.64. The Hall–Kier alpha value is -2.38. The fraction of sp³-hybridized carbons (Fsp3) is 0.136. The van der Waals surface area contributed by atoms with E-state index in [1.165, 1.54) is 40.7 Å². The van der Waals surface area contributed by atoms with Gasteiger partial charge in [0.05, 0.1) is 10.5 Å². The first-order valence-electron chi connectivity index (χ1n) is 9.03. The van der Waals surface area contributed by atoms with E-state index in [9.17, 15) is 13.2 Å². The zero-order chi connectivity index (χ0) is 21.9. The third-order valence-electron chi connectivity index (χ3n) is 4.74. The smallest absolute Gasteiger partial charge is 0.335 e. The molecule has 156 valence electrons. The Balaban J connectivity index is 2.02. The van der Waals surface area contributed by atoms with Gasteiger partial charge in [-0.3, -0.25) is 0 Å². The molecular formula is C22H19Cl2NO4S. The van der Waals surface area contributed by atoms with E-state index in [0.717, 1.165) is 5.56 Å². The second-order valence-electron chi connectivity index (χ2n) is 6.73. The Kier molecular flexibility index (Phi) is 6.83. The van der Waals surface area contributed by atoms with E-state index in [1.807, 2.05) is 0 Å². The summed E-state index contributed by atoms with van der Waals surface area (Å²) in [4.78, 5) is 11.2. The summed E-state index contributed by atoms with van der Waals surface area (Å²) >= 11 is 11.9. The van der Waals surface area contributed by atoms with Crippen molar-refractivity contribution in [3.05, 3.63) is 99.5 Å². The van der Waals surface area contributed by atoms with Crippen LogP contribution in [-0.4, -0.2) is 23.8 Å². The van der Waals surface area contributed by atoms with Crippen molar-refractivity contribution in [3.63, 3.8) is 0 Å². The minimum atomic E-state index is -3.87. The first kappa shape index (κ1) is 22.3. The van der Waals surface area contributed by atoms with Crippen molar-refractivity contribution in [2.24, 2.45) is 0 Å². The Morgan fingerprint density at radius 2 is 1.40 bits per heavy atom. The lowest BCUT2D eigenvalue weighted by Gasteiger charge is -2.29. The van der Waals surface area contributed by atoms with Gasteiger partial charge in [0.15, 0.2) is 0 Å². The van der Waals surface area contributed by atoms with Gasteiger partial charge in [0.25, 0.3) is 0 Å². The van der Waals surface area contributed by atoms with Gasteiger partial charge in [-0.05, 0) is 66.6 Å². The molecule has 0 spiro atoms. The van der Waals surface area contributed by atoms with Crippen LogP contribution in [0.1, 0.15) is 34.5 Å². The van der Waals surface area contributed by atoms with Crippen molar-refractivity contribution < 1.29 is 18.3 Å². The second-order valence-corrected chi connectivity index (χ2v) is 9.50. The number of benzene rings is 3. The van der Waals surface area contributed by atoms with Crippen LogP contribution >= 0.6 is 23.2 Å². The maximum atomic E-state index is 13.5. The molecule has 1 atom stereocenters. The average molecular weight is 464 g/mol. The van der Waals surface area contributed by atoms with Crippen LogP contribution in [0.25, 0.3) is 0 Å². The molecule has 3 aromatic rings. The van der Waals surface area contributed by atoms with Crippen molar-refractivity contribution >= 4 is 39.2 Å². The highest BCUT2D eigenvalue weighted by Gasteiger charge is 2.30. The minimum absolute atomic E-state index is 0.0641. The number of carboxylic acid groups (broad SMARTS) is 1. The Labute approximate surface area is 185 Å². The predicted molar refractivity (Wildman–Crippen MR) is 117 cm³/mol. The van der Waals surface area contributed by atoms with Gasteiger partial charge in [-0.15, -0.1) is 0 Å². The summed E-state index contributed by atoms with van der Waals surface area (Å²) in [6.07, 6.45) is 0. The molecule has 1 unspecified atom stereocenters. The Morgan fingerprint density at radius 1 is 0.900 bits per heavy atom. The number of nitrogens with zero attached hydrogens (tertiary/aromatic N) is 1. The molecule has 5 nitrogen and oxygen atoms in total. The zero-order valence-electron chi connectivity index (χ0n) is 16.0. The summed E-state index contributed by atoms with van der Waals surface area (Å²) < 4.78 is 28.3. The molecule has 0 aliphatic carbocycles. The van der Waals surface area contributed by atoms with E-state index in [-0.39, 0.29) is 17.0 Å². The van der Waals surface area contributed by atoms with Crippen LogP contribution in [-0.2, 0) is 16.6 Å². The second kappa shape index (κ2) is 9.18. The number of hydrogen-bond acceptors (Lipinski definition) is 3. The summed E-state index contributed by atoms with van der Waals surface area (Å²) in [5.41, 5.74) is 1.58. The Morgan fingerprint density at radius 3 is 1.90 bits per heavy atom. The van der Waals surface area contributed by atoms with Crippen LogP contribution in [0.4, 0.5) is 0 Å². The van der Waals surface area contributed by atoms with E-state index in [1.54, 1.807) is 43.3 Å². The van der Waals surface area contributed by atoms with E-state index >= 15 is 0 Å². The summed E-state index contributed by atoms with van der Waals surface area (Å²) in [6, 6.07) is 18.6. The van der Waals surface area contributed by atoms with Crippen molar-refractivity contribution in [1.29, 1.82) is 0 Å². The van der Waals surface area contributed by atoms with Gasteiger partial charge in [-0.25, -0.2) is 13.2 Å². The van der Waals surface area contributed by atoms with Gasteiger partial charge in [0.1, 0.15) is 0 Å². The molecule has 0 bridgehead atoms. The van der Waals surface area contributed by atoms with Gasteiger partial charge < -0.3 is 5.11 Å². The number of halogens is 2. The standard InChI is InChI=1S/C22H19Cl2NO4S/c1-15(17-6-8-19(23)9-7-17)25(14-16-2-4-18(5-3-16)22(26)27)30(28,29)21-12-10-20(24)11-13-21/h2-13,15H,14H2,1H3,(H,26,27). The molecule has 8 heteroatoms. The molecule has 0 aromatic heterocycles. The summed E-state index contributed by atoms with van der Waals surface area (Å²) in [7, 11) is -3.87. The maximum Gasteiger partial charge on any atom is 0.335 e. The third kappa shape index (κ3) is 5.02. The highest BCUT2D eigenvalue weighted by atomic mass is 35.5. The fourth-order valence-electron chi connectivity index (χ4n) is 3.01. The van der Waals surface area contributed by atoms with Gasteiger partial charge in [0.2, 0.25) is 10.0 Å². The van der Waals surface area contributed by atoms with Crippen LogP contribution < -0.4 is 0 Å². The molecule has 0 heterocycles. The number of carboxylic acids is 1. The number of aromatic carboxylic acids is 1. The van der Waals surface area contributed by atoms with Gasteiger partial charge in [-0.1, -0.05) is 47.5 Å². The van der Waals surface area contributed by atoms with Crippen LogP contribution in [0.3, 0.4) is 0 Å². The number of sulfonamides is 1. The summed E-state index contributed by atoms with van der Waals surface area (Å²) in [5, 5.41) is 10.1. The van der Waals surface area contributed by atoms with E-state index in [2.05, 4.69) is 0 Å². The topological polar surface area (TPSA) is 74.7 Å². The Bertz CT molecular complexity index is 1130. The number of rotatable bonds is 7. The SMILES string of the molecule is CC(c1ccc(Cl)cc1)N(Cc1ccc(C(=O)O)cc1)S(=O)(=O)c1ccc(Cl)cc1. The highest BCUT2D eigenvalue weighted by molar-refractivity contribution is 7.89. The van der Waals surface area contributed by atoms with Crippen molar-refractivity contribution in [1.82, 2.24) is 4.31 Å². The average Bonchev–Trinajstić information content (AvgIpc) is 2.72. The lowest BCUT2D eigenvalue weighted by Crippen LogP contribution is -2.33. The monoisotopic (exact) mass is 463 g/mol. The quantitative estimate of drug-likeness (QED) is 0.491. The molecule has 3 rings (SSSR count). The summed E-state index contributed by atoms with van der Waals surface area (Å²) in [5.74, 6) is -1.04. The largest absolute Gasteiger partial charge is 0.478 e. The lowest BCUT2D eigenvalue weighted by atomic mass is 10.1. The minimum Gasteiger partial charge on any atom is -0.478 e. The third-order valence-corrected chi connectivity index (χ3v) is 7.18. The number of hydrogen-bond donors (Lipinski definition) is 1. The molecule has 30 heavy (non-hydrogen) atoms. The normalized spacial score (nSPS) is 12.7. The van der Waals surface area contributed by atoms with Crippen LogP contribution in [0.5, 0.6) is 0 Å². The van der Waals surface area contributed by atoms with Crippen molar-refractivity contribution in [3.8, 4) is 0 Å². The molecule has 0 saturated heterocycles. The van der Waals surface area contributed by atoms with E-state index in [4.69, 9.17) is 28.3 Å². The van der Waals surface area contributed by atoms with Crippen LogP contribution in [0, 0.1) is 0 Å². The molecule has 0 aliphatic heterocycles. The maximum absolute atomic E-state index is 13.5. The lowest BCUT2D eigenvalue weighted by molar-refractivity contribution is 0.0697.